The topological polar surface area (TPSA) is 92.6 Å². The van der Waals surface area contributed by atoms with Crippen LogP contribution in [0.1, 0.15) is 24.7 Å². The minimum atomic E-state index is -0.0594. The molecular weight excluding hydrogens is 450 g/mol. The third-order valence-corrected chi connectivity index (χ3v) is 5.81. The lowest BCUT2D eigenvalue weighted by atomic mass is 10.1. The standard InChI is InChI=1S/C25H29N5O3S/c1-5-32-21-11-18-19(12-22(21)33-6-2)27-23(13-30(3)4)29-25(18)26-17-9-7-8-16(10-17)20-15-34-24(14-31)28-20/h7-12,15,31H,5-6,13-14H2,1-4H3,(H,26,27,29). The monoisotopic (exact) mass is 479 g/mol. The van der Waals surface area contributed by atoms with Crippen LogP contribution in [0.15, 0.2) is 41.8 Å². The Morgan fingerprint density at radius 2 is 1.76 bits per heavy atom. The number of nitrogens with one attached hydrogen (secondary N) is 1. The molecule has 9 heteroatoms. The maximum absolute atomic E-state index is 9.35. The fourth-order valence-electron chi connectivity index (χ4n) is 3.58. The molecule has 178 valence electrons. The number of anilines is 2. The second-order valence-electron chi connectivity index (χ2n) is 7.90. The summed E-state index contributed by atoms with van der Waals surface area (Å²) < 4.78 is 11.7. The van der Waals surface area contributed by atoms with Crippen molar-refractivity contribution >= 4 is 33.7 Å². The molecule has 0 aliphatic heterocycles. The zero-order valence-electron chi connectivity index (χ0n) is 19.8. The number of ether oxygens (including phenoxy) is 2. The summed E-state index contributed by atoms with van der Waals surface area (Å²) in [5.41, 5.74) is 3.45. The second-order valence-corrected chi connectivity index (χ2v) is 8.84. The molecule has 0 fully saturated rings. The van der Waals surface area contributed by atoms with Crippen LogP contribution in [0, 0.1) is 0 Å². The average Bonchev–Trinajstić information content (AvgIpc) is 3.29. The van der Waals surface area contributed by atoms with Gasteiger partial charge in [0, 0.05) is 28.1 Å². The summed E-state index contributed by atoms with van der Waals surface area (Å²) >= 11 is 1.44. The molecule has 0 unspecified atom stereocenters. The van der Waals surface area contributed by atoms with E-state index in [-0.39, 0.29) is 6.61 Å². The van der Waals surface area contributed by atoms with Gasteiger partial charge in [0.2, 0.25) is 0 Å². The largest absolute Gasteiger partial charge is 0.490 e. The SMILES string of the molecule is CCOc1cc2nc(CN(C)C)nc(Nc3cccc(-c4csc(CO)n4)c3)c2cc1OCC. The summed E-state index contributed by atoms with van der Waals surface area (Å²) in [6.45, 7) is 5.50. The first kappa shape index (κ1) is 23.9. The van der Waals surface area contributed by atoms with Crippen LogP contribution in [0.3, 0.4) is 0 Å². The van der Waals surface area contributed by atoms with Crippen LogP contribution in [0.2, 0.25) is 0 Å². The van der Waals surface area contributed by atoms with Gasteiger partial charge in [-0.1, -0.05) is 12.1 Å². The third kappa shape index (κ3) is 5.44. The maximum atomic E-state index is 9.35. The fraction of sp³-hybridized carbons (Fsp3) is 0.320. The number of fused-ring (bicyclic) bond motifs is 1. The van der Waals surface area contributed by atoms with E-state index in [9.17, 15) is 5.11 Å². The summed E-state index contributed by atoms with van der Waals surface area (Å²) in [5, 5.41) is 16.3. The van der Waals surface area contributed by atoms with E-state index >= 15 is 0 Å². The predicted molar refractivity (Wildman–Crippen MR) is 136 cm³/mol. The molecule has 2 N–H and O–H groups in total. The number of benzene rings is 2. The lowest BCUT2D eigenvalue weighted by Gasteiger charge is -2.16. The molecule has 8 nitrogen and oxygen atoms in total. The van der Waals surface area contributed by atoms with Gasteiger partial charge in [0.1, 0.15) is 16.6 Å². The van der Waals surface area contributed by atoms with Gasteiger partial charge < -0.3 is 24.8 Å². The molecule has 0 aliphatic carbocycles. The van der Waals surface area contributed by atoms with Crippen molar-refractivity contribution in [3.63, 3.8) is 0 Å². The molecule has 2 aromatic heterocycles. The molecular formula is C25H29N5O3S. The molecule has 0 radical (unpaired) electrons. The highest BCUT2D eigenvalue weighted by Crippen LogP contribution is 2.36. The Morgan fingerprint density at radius 3 is 2.44 bits per heavy atom. The molecule has 2 aromatic carbocycles. The Bertz CT molecular complexity index is 1270. The predicted octanol–water partition coefficient (Wildman–Crippen LogP) is 4.85. The lowest BCUT2D eigenvalue weighted by molar-refractivity contribution is 0.281. The van der Waals surface area contributed by atoms with Gasteiger partial charge in [0.25, 0.3) is 0 Å². The van der Waals surface area contributed by atoms with Crippen LogP contribution in [-0.2, 0) is 13.2 Å². The number of nitrogens with zero attached hydrogens (tertiary/aromatic N) is 4. The summed E-state index contributed by atoms with van der Waals surface area (Å²) in [6.07, 6.45) is 0. The Hall–Kier alpha value is -3.27. The molecule has 0 atom stereocenters. The third-order valence-electron chi connectivity index (χ3n) is 4.97. The molecule has 0 bridgehead atoms. The van der Waals surface area contributed by atoms with E-state index in [4.69, 9.17) is 19.4 Å². The highest BCUT2D eigenvalue weighted by atomic mass is 32.1. The van der Waals surface area contributed by atoms with Gasteiger partial charge in [0.15, 0.2) is 11.5 Å². The van der Waals surface area contributed by atoms with Crippen LogP contribution < -0.4 is 14.8 Å². The van der Waals surface area contributed by atoms with E-state index in [0.717, 1.165) is 27.8 Å². The van der Waals surface area contributed by atoms with Crippen LogP contribution in [-0.4, -0.2) is 52.3 Å². The molecule has 0 spiro atoms. The van der Waals surface area contributed by atoms with Crippen molar-refractivity contribution in [2.24, 2.45) is 0 Å². The van der Waals surface area contributed by atoms with Crippen molar-refractivity contribution < 1.29 is 14.6 Å². The minimum Gasteiger partial charge on any atom is -0.490 e. The first-order chi connectivity index (χ1) is 16.5. The molecule has 0 aliphatic rings. The van der Waals surface area contributed by atoms with Gasteiger partial charge in [-0.05, 0) is 46.1 Å². The van der Waals surface area contributed by atoms with Crippen LogP contribution >= 0.6 is 11.3 Å². The van der Waals surface area contributed by atoms with Crippen molar-refractivity contribution in [3.05, 3.63) is 52.6 Å². The maximum Gasteiger partial charge on any atom is 0.163 e. The minimum absolute atomic E-state index is 0.0594. The van der Waals surface area contributed by atoms with E-state index < -0.39 is 0 Å². The molecule has 0 saturated heterocycles. The van der Waals surface area contributed by atoms with Crippen molar-refractivity contribution in [3.8, 4) is 22.8 Å². The quantitative estimate of drug-likeness (QED) is 0.334. The highest BCUT2D eigenvalue weighted by Gasteiger charge is 2.15. The Labute approximate surface area is 203 Å². The summed E-state index contributed by atoms with van der Waals surface area (Å²) in [5.74, 6) is 2.73. The number of rotatable bonds is 10. The average molecular weight is 480 g/mol. The summed E-state index contributed by atoms with van der Waals surface area (Å²) in [6, 6.07) is 11.8. The van der Waals surface area contributed by atoms with E-state index in [2.05, 4.69) is 10.3 Å². The Kier molecular flexibility index (Phi) is 7.56. The smallest absolute Gasteiger partial charge is 0.163 e. The number of aliphatic hydroxyl groups excluding tert-OH is 1. The summed E-state index contributed by atoms with van der Waals surface area (Å²) in [7, 11) is 3.98. The van der Waals surface area contributed by atoms with E-state index in [1.54, 1.807) is 0 Å². The molecule has 0 saturated carbocycles. The number of thiazole rings is 1. The van der Waals surface area contributed by atoms with Crippen LogP contribution in [0.5, 0.6) is 11.5 Å². The zero-order valence-corrected chi connectivity index (χ0v) is 20.6. The number of hydrogen-bond acceptors (Lipinski definition) is 9. The number of aliphatic hydroxyl groups is 1. The van der Waals surface area contributed by atoms with Crippen molar-refractivity contribution in [2.75, 3.05) is 32.6 Å². The van der Waals surface area contributed by atoms with Crippen molar-refractivity contribution in [2.45, 2.75) is 27.0 Å². The van der Waals surface area contributed by atoms with Gasteiger partial charge in [-0.25, -0.2) is 15.0 Å². The van der Waals surface area contributed by atoms with E-state index in [0.29, 0.717) is 47.9 Å². The molecule has 0 amide bonds. The molecule has 4 aromatic rings. The fourth-order valence-corrected chi connectivity index (χ4v) is 4.24. The van der Waals surface area contributed by atoms with E-state index in [1.165, 1.54) is 11.3 Å². The first-order valence-corrected chi connectivity index (χ1v) is 12.1. The Balaban J connectivity index is 1.78. The van der Waals surface area contributed by atoms with Gasteiger partial charge in [-0.15, -0.1) is 11.3 Å². The highest BCUT2D eigenvalue weighted by molar-refractivity contribution is 7.09. The molecule has 2 heterocycles. The van der Waals surface area contributed by atoms with Crippen molar-refractivity contribution in [1.29, 1.82) is 0 Å². The molecule has 4 rings (SSSR count). The van der Waals surface area contributed by atoms with Gasteiger partial charge in [-0.2, -0.15) is 0 Å². The molecule has 34 heavy (non-hydrogen) atoms. The summed E-state index contributed by atoms with van der Waals surface area (Å²) in [4.78, 5) is 16.1. The van der Waals surface area contributed by atoms with Gasteiger partial charge in [0.05, 0.1) is 37.6 Å². The van der Waals surface area contributed by atoms with Crippen molar-refractivity contribution in [1.82, 2.24) is 19.9 Å². The lowest BCUT2D eigenvalue weighted by Crippen LogP contribution is -2.14. The van der Waals surface area contributed by atoms with Crippen LogP contribution in [0.25, 0.3) is 22.2 Å². The first-order valence-electron chi connectivity index (χ1n) is 11.2. The second kappa shape index (κ2) is 10.8. The van der Waals surface area contributed by atoms with Crippen LogP contribution in [0.4, 0.5) is 11.5 Å². The number of hydrogen-bond donors (Lipinski definition) is 2. The zero-order chi connectivity index (χ0) is 24.1. The Morgan fingerprint density at radius 1 is 1.00 bits per heavy atom. The number of aromatic nitrogens is 3. The van der Waals surface area contributed by atoms with E-state index in [1.807, 2.05) is 74.6 Å². The van der Waals surface area contributed by atoms with Gasteiger partial charge in [-0.3, -0.25) is 0 Å². The normalized spacial score (nSPS) is 11.2. The van der Waals surface area contributed by atoms with Gasteiger partial charge >= 0.3 is 0 Å².